The van der Waals surface area contributed by atoms with Crippen molar-refractivity contribution in [3.63, 3.8) is 0 Å². The van der Waals surface area contributed by atoms with Gasteiger partial charge in [0.15, 0.2) is 5.82 Å². The normalized spacial score (nSPS) is 14.4. The van der Waals surface area contributed by atoms with Crippen molar-refractivity contribution in [2.75, 3.05) is 5.43 Å². The minimum absolute atomic E-state index is 0.0485. The van der Waals surface area contributed by atoms with E-state index < -0.39 is 0 Å². The molecule has 4 N–H and O–H groups in total. The fraction of sp³-hybridized carbons (Fsp3) is 0.333. The van der Waals surface area contributed by atoms with Gasteiger partial charge in [-0.15, -0.1) is 0 Å². The number of nitrogen functional groups attached to an aromatic ring is 1. The number of fused-ring (bicyclic) bond motifs is 1. The van der Waals surface area contributed by atoms with Gasteiger partial charge in [-0.2, -0.15) is 0 Å². The van der Waals surface area contributed by atoms with Crippen LogP contribution in [0.15, 0.2) is 18.2 Å². The van der Waals surface area contributed by atoms with Gasteiger partial charge in [0.2, 0.25) is 0 Å². The van der Waals surface area contributed by atoms with E-state index in [4.69, 9.17) is 17.4 Å². The number of phenols is 1. The molecule has 1 aromatic carbocycles. The number of anilines is 1. The minimum Gasteiger partial charge on any atom is -0.506 e. The predicted molar refractivity (Wildman–Crippen MR) is 83.2 cm³/mol. The van der Waals surface area contributed by atoms with Gasteiger partial charge < -0.3 is 10.5 Å². The third kappa shape index (κ3) is 2.80. The molecule has 21 heavy (non-hydrogen) atoms. The van der Waals surface area contributed by atoms with Gasteiger partial charge in [-0.05, 0) is 43.9 Å². The molecular formula is C15H17ClN4O. The number of phenolic OH excluding ortho intramolecular Hbond substituents is 1. The maximum atomic E-state index is 9.52. The highest BCUT2D eigenvalue weighted by atomic mass is 35.5. The number of hydrazine groups is 1. The Bertz CT molecular complexity index is 675. The first-order valence-corrected chi connectivity index (χ1v) is 7.42. The van der Waals surface area contributed by atoms with Crippen molar-refractivity contribution in [2.24, 2.45) is 5.84 Å². The Hall–Kier alpha value is -1.85. The highest BCUT2D eigenvalue weighted by Gasteiger charge is 2.17. The molecule has 1 aliphatic carbocycles. The molecule has 1 heterocycles. The number of nitrogens with one attached hydrogen (secondary N) is 1. The number of aromatic nitrogens is 2. The molecule has 0 saturated heterocycles. The molecule has 0 atom stereocenters. The van der Waals surface area contributed by atoms with Crippen LogP contribution in [0.4, 0.5) is 5.82 Å². The van der Waals surface area contributed by atoms with Crippen molar-refractivity contribution in [3.8, 4) is 17.1 Å². The van der Waals surface area contributed by atoms with E-state index in [0.29, 0.717) is 11.6 Å². The number of aromatic hydroxyl groups is 1. The highest BCUT2D eigenvalue weighted by molar-refractivity contribution is 6.32. The molecule has 6 heteroatoms. The minimum atomic E-state index is 0.0485. The van der Waals surface area contributed by atoms with Crippen LogP contribution in [0.3, 0.4) is 0 Å². The lowest BCUT2D eigenvalue weighted by atomic mass is 10.1. The van der Waals surface area contributed by atoms with Gasteiger partial charge in [-0.25, -0.2) is 15.8 Å². The monoisotopic (exact) mass is 304 g/mol. The van der Waals surface area contributed by atoms with E-state index in [1.165, 1.54) is 6.42 Å². The molecule has 3 rings (SSSR count). The number of rotatable bonds is 2. The zero-order chi connectivity index (χ0) is 14.8. The molecule has 0 radical (unpaired) electrons. The molecule has 5 nitrogen and oxygen atoms in total. The van der Waals surface area contributed by atoms with Crippen molar-refractivity contribution >= 4 is 17.4 Å². The van der Waals surface area contributed by atoms with Gasteiger partial charge >= 0.3 is 0 Å². The van der Waals surface area contributed by atoms with Gasteiger partial charge in [0.05, 0.1) is 5.02 Å². The van der Waals surface area contributed by atoms with Crippen LogP contribution in [0.5, 0.6) is 5.75 Å². The smallest absolute Gasteiger partial charge is 0.161 e. The van der Waals surface area contributed by atoms with Crippen molar-refractivity contribution in [1.82, 2.24) is 9.97 Å². The van der Waals surface area contributed by atoms with Gasteiger partial charge in [0.1, 0.15) is 11.6 Å². The maximum Gasteiger partial charge on any atom is 0.161 e. The summed E-state index contributed by atoms with van der Waals surface area (Å²) in [5, 5.41) is 9.80. The Morgan fingerprint density at radius 2 is 1.95 bits per heavy atom. The molecule has 0 unspecified atom stereocenters. The second-order valence-electron chi connectivity index (χ2n) is 5.19. The fourth-order valence-electron chi connectivity index (χ4n) is 2.67. The molecule has 2 aromatic rings. The summed E-state index contributed by atoms with van der Waals surface area (Å²) < 4.78 is 0. The molecular weight excluding hydrogens is 288 g/mol. The zero-order valence-electron chi connectivity index (χ0n) is 11.6. The van der Waals surface area contributed by atoms with Crippen molar-refractivity contribution in [2.45, 2.75) is 32.1 Å². The van der Waals surface area contributed by atoms with Crippen LogP contribution >= 0.6 is 11.6 Å². The fourth-order valence-corrected chi connectivity index (χ4v) is 2.85. The first kappa shape index (κ1) is 14.1. The summed E-state index contributed by atoms with van der Waals surface area (Å²) in [5.74, 6) is 6.92. The number of aryl methyl sites for hydroxylation is 1. The molecule has 0 bridgehead atoms. The number of hydrogen-bond acceptors (Lipinski definition) is 5. The number of nitrogens with two attached hydrogens (primary N) is 1. The van der Waals surface area contributed by atoms with E-state index in [9.17, 15) is 5.11 Å². The second-order valence-corrected chi connectivity index (χ2v) is 5.60. The Morgan fingerprint density at radius 1 is 1.14 bits per heavy atom. The van der Waals surface area contributed by atoms with Crippen molar-refractivity contribution in [3.05, 3.63) is 34.5 Å². The summed E-state index contributed by atoms with van der Waals surface area (Å²) in [6, 6.07) is 4.96. The number of halogens is 1. The quantitative estimate of drug-likeness (QED) is 0.451. The second kappa shape index (κ2) is 5.87. The average molecular weight is 305 g/mol. The van der Waals surface area contributed by atoms with E-state index >= 15 is 0 Å². The molecule has 1 aliphatic rings. The summed E-state index contributed by atoms with van der Waals surface area (Å²) in [5.41, 5.74) is 5.62. The summed E-state index contributed by atoms with van der Waals surface area (Å²) in [7, 11) is 0. The zero-order valence-corrected chi connectivity index (χ0v) is 12.3. The Labute approximate surface area is 128 Å². The van der Waals surface area contributed by atoms with E-state index in [0.717, 1.165) is 42.5 Å². The highest BCUT2D eigenvalue weighted by Crippen LogP contribution is 2.31. The van der Waals surface area contributed by atoms with Crippen LogP contribution in [0.2, 0.25) is 5.02 Å². The van der Waals surface area contributed by atoms with Gasteiger partial charge in [0.25, 0.3) is 0 Å². The Kier molecular flexibility index (Phi) is 3.94. The van der Waals surface area contributed by atoms with Crippen molar-refractivity contribution < 1.29 is 5.11 Å². The third-order valence-electron chi connectivity index (χ3n) is 3.78. The van der Waals surface area contributed by atoms with Crippen LogP contribution in [0.25, 0.3) is 11.4 Å². The Morgan fingerprint density at radius 3 is 2.71 bits per heavy atom. The third-order valence-corrected chi connectivity index (χ3v) is 4.08. The molecule has 0 spiro atoms. The summed E-state index contributed by atoms with van der Waals surface area (Å²) in [6.45, 7) is 0. The van der Waals surface area contributed by atoms with Gasteiger partial charge in [-0.3, -0.25) is 0 Å². The SMILES string of the molecule is NNc1nc(-c2ccc(O)c(Cl)c2)nc2c1CCCCC2. The molecule has 0 fully saturated rings. The summed E-state index contributed by atoms with van der Waals surface area (Å²) >= 11 is 5.96. The standard InChI is InChI=1S/C15H17ClN4O/c16-11-8-9(6-7-13(11)21)14-18-12-5-3-1-2-4-10(12)15(19-14)20-17/h6-8,21H,1-5,17H2,(H,18,19,20). The Balaban J connectivity index is 2.10. The molecule has 0 saturated carbocycles. The van der Waals surface area contributed by atoms with Crippen LogP contribution < -0.4 is 11.3 Å². The van der Waals surface area contributed by atoms with Gasteiger partial charge in [0, 0.05) is 16.8 Å². The summed E-state index contributed by atoms with van der Waals surface area (Å²) in [6.07, 6.45) is 5.34. The number of benzene rings is 1. The van der Waals surface area contributed by atoms with Crippen LogP contribution in [-0.4, -0.2) is 15.1 Å². The number of nitrogens with zero attached hydrogens (tertiary/aromatic N) is 2. The topological polar surface area (TPSA) is 84.1 Å². The number of hydrogen-bond donors (Lipinski definition) is 3. The lowest BCUT2D eigenvalue weighted by molar-refractivity contribution is 0.475. The predicted octanol–water partition coefficient (Wildman–Crippen LogP) is 3.06. The molecule has 0 amide bonds. The van der Waals surface area contributed by atoms with E-state index in [1.807, 2.05) is 0 Å². The average Bonchev–Trinajstić information content (AvgIpc) is 2.74. The van der Waals surface area contributed by atoms with Crippen LogP contribution in [0, 0.1) is 0 Å². The van der Waals surface area contributed by atoms with Gasteiger partial charge in [-0.1, -0.05) is 18.0 Å². The maximum absolute atomic E-state index is 9.52. The first-order valence-electron chi connectivity index (χ1n) is 7.04. The van der Waals surface area contributed by atoms with Crippen LogP contribution in [-0.2, 0) is 12.8 Å². The van der Waals surface area contributed by atoms with E-state index in [2.05, 4.69) is 15.4 Å². The molecule has 0 aliphatic heterocycles. The molecule has 110 valence electrons. The van der Waals surface area contributed by atoms with E-state index in [-0.39, 0.29) is 10.8 Å². The van der Waals surface area contributed by atoms with E-state index in [1.54, 1.807) is 18.2 Å². The largest absolute Gasteiger partial charge is 0.506 e. The summed E-state index contributed by atoms with van der Waals surface area (Å²) in [4.78, 5) is 9.18. The molecule has 1 aromatic heterocycles. The first-order chi connectivity index (χ1) is 10.2. The lowest BCUT2D eigenvalue weighted by Crippen LogP contribution is -2.14. The van der Waals surface area contributed by atoms with Crippen LogP contribution in [0.1, 0.15) is 30.5 Å². The lowest BCUT2D eigenvalue weighted by Gasteiger charge is -2.13. The van der Waals surface area contributed by atoms with Crippen molar-refractivity contribution in [1.29, 1.82) is 0 Å².